The van der Waals surface area contributed by atoms with Crippen LogP contribution in [0.3, 0.4) is 0 Å². The van der Waals surface area contributed by atoms with Crippen LogP contribution < -0.4 is 22.1 Å². The second kappa shape index (κ2) is 11.3. The van der Waals surface area contributed by atoms with Gasteiger partial charge in [-0.3, -0.25) is 19.2 Å². The summed E-state index contributed by atoms with van der Waals surface area (Å²) in [5.74, 6) is -1.64. The number of Topliss-reactive ketones (excluding diaryl/α,β-unsaturated/α-hetero) is 2. The number of nitrogen functional groups attached to an aromatic ring is 2. The fourth-order valence-corrected chi connectivity index (χ4v) is 3.89. The van der Waals surface area contributed by atoms with Gasteiger partial charge in [0.2, 0.25) is 11.8 Å². The highest BCUT2D eigenvalue weighted by molar-refractivity contribution is 6.07. The van der Waals surface area contributed by atoms with Gasteiger partial charge in [-0.25, -0.2) is 4.98 Å². The van der Waals surface area contributed by atoms with Crippen molar-refractivity contribution in [3.8, 4) is 11.1 Å². The van der Waals surface area contributed by atoms with Crippen molar-refractivity contribution in [2.45, 2.75) is 26.7 Å². The Hall–Kier alpha value is -5.39. The standard InChI is InChI=1S/C27H26N8O4/c1-14(36)9-24(38)32-20-7-4-17(28)12-23(20)34-35-27-21(33-25(39)10-15(2)37)8-5-18(29)26(27)16-3-6-19-22(11-16)31-13-30-19/h3-8,11-13H,9-10,28-29H2,1-2H3,(H,30,31)(H,32,38)(H,33,39). The lowest BCUT2D eigenvalue weighted by molar-refractivity contribution is -0.125. The number of aromatic amines is 1. The molecule has 0 aliphatic rings. The molecule has 0 saturated heterocycles. The first-order chi connectivity index (χ1) is 18.6. The topological polar surface area (TPSA) is 198 Å². The van der Waals surface area contributed by atoms with Gasteiger partial charge in [-0.15, -0.1) is 10.2 Å². The molecule has 0 radical (unpaired) electrons. The number of fused-ring (bicyclic) bond motifs is 1. The number of hydrogen-bond acceptors (Lipinski definition) is 9. The molecule has 1 heterocycles. The Morgan fingerprint density at radius 1 is 0.846 bits per heavy atom. The van der Waals surface area contributed by atoms with E-state index in [4.69, 9.17) is 11.5 Å². The quantitative estimate of drug-likeness (QED) is 0.119. The Kier molecular flexibility index (Phi) is 7.75. The van der Waals surface area contributed by atoms with Crippen molar-refractivity contribution >= 4 is 68.5 Å². The van der Waals surface area contributed by atoms with Gasteiger partial charge in [-0.2, -0.15) is 0 Å². The highest BCUT2D eigenvalue weighted by Crippen LogP contribution is 2.43. The largest absolute Gasteiger partial charge is 0.399 e. The molecule has 0 fully saturated rings. The minimum absolute atomic E-state index is 0.213. The molecule has 0 spiro atoms. The summed E-state index contributed by atoms with van der Waals surface area (Å²) in [6.07, 6.45) is 0.944. The Labute approximate surface area is 222 Å². The first kappa shape index (κ1) is 26.7. The molecule has 0 unspecified atom stereocenters. The molecule has 12 nitrogen and oxygen atoms in total. The number of aromatic nitrogens is 2. The molecule has 3 aromatic carbocycles. The van der Waals surface area contributed by atoms with Crippen molar-refractivity contribution in [1.82, 2.24) is 9.97 Å². The Morgan fingerprint density at radius 3 is 2.21 bits per heavy atom. The number of H-pyrrole nitrogens is 1. The van der Waals surface area contributed by atoms with Gasteiger partial charge in [0.25, 0.3) is 0 Å². The summed E-state index contributed by atoms with van der Waals surface area (Å²) in [7, 11) is 0. The molecular formula is C27H26N8O4. The molecule has 1 aromatic heterocycles. The summed E-state index contributed by atoms with van der Waals surface area (Å²) in [5, 5.41) is 14.1. The normalized spacial score (nSPS) is 11.0. The number of rotatable bonds is 9. The zero-order valence-corrected chi connectivity index (χ0v) is 21.2. The maximum absolute atomic E-state index is 12.5. The van der Waals surface area contributed by atoms with Gasteiger partial charge in [0.15, 0.2) is 0 Å². The van der Waals surface area contributed by atoms with Gasteiger partial charge in [0.05, 0.1) is 41.6 Å². The third kappa shape index (κ3) is 6.49. The summed E-state index contributed by atoms with van der Waals surface area (Å²) in [4.78, 5) is 54.9. The fourth-order valence-electron chi connectivity index (χ4n) is 3.89. The smallest absolute Gasteiger partial charge is 0.231 e. The third-order valence-corrected chi connectivity index (χ3v) is 5.57. The fraction of sp³-hybridized carbons (Fsp3) is 0.148. The Balaban J connectivity index is 1.83. The number of imidazole rings is 1. The number of nitrogens with two attached hydrogens (primary N) is 2. The molecule has 2 amide bonds. The minimum Gasteiger partial charge on any atom is -0.399 e. The number of benzene rings is 3. The number of carbonyl (C=O) groups excluding carboxylic acids is 4. The lowest BCUT2D eigenvalue weighted by atomic mass is 10.00. The molecule has 0 aliphatic heterocycles. The first-order valence-electron chi connectivity index (χ1n) is 11.9. The predicted octanol–water partition coefficient (Wildman–Crippen LogP) is 4.64. The van der Waals surface area contributed by atoms with Crippen LogP contribution >= 0.6 is 0 Å². The van der Waals surface area contributed by atoms with E-state index in [2.05, 4.69) is 30.8 Å². The van der Waals surface area contributed by atoms with E-state index in [0.717, 1.165) is 11.0 Å². The molecule has 198 valence electrons. The SMILES string of the molecule is CC(=O)CC(=O)Nc1ccc(N)cc1N=Nc1c(NC(=O)CC(C)=O)ccc(N)c1-c1ccc2nc[nH]c2c1. The number of anilines is 4. The van der Waals surface area contributed by atoms with Crippen molar-refractivity contribution in [1.29, 1.82) is 0 Å². The molecule has 4 rings (SSSR count). The summed E-state index contributed by atoms with van der Waals surface area (Å²) >= 11 is 0. The number of amides is 2. The van der Waals surface area contributed by atoms with Crippen molar-refractivity contribution in [3.63, 3.8) is 0 Å². The number of carbonyl (C=O) groups is 4. The zero-order valence-electron chi connectivity index (χ0n) is 21.2. The van der Waals surface area contributed by atoms with E-state index in [9.17, 15) is 19.2 Å². The second-order valence-electron chi connectivity index (χ2n) is 8.89. The van der Waals surface area contributed by atoms with Crippen LogP contribution in [0.25, 0.3) is 22.2 Å². The third-order valence-electron chi connectivity index (χ3n) is 5.57. The summed E-state index contributed by atoms with van der Waals surface area (Å²) in [6.45, 7) is 2.63. The number of nitrogens with zero attached hydrogens (tertiary/aromatic N) is 3. The molecule has 7 N–H and O–H groups in total. The average Bonchev–Trinajstić information content (AvgIpc) is 3.32. The van der Waals surface area contributed by atoms with Crippen LogP contribution in [0.1, 0.15) is 26.7 Å². The van der Waals surface area contributed by atoms with Gasteiger partial charge in [0, 0.05) is 16.9 Å². The summed E-state index contributed by atoms with van der Waals surface area (Å²) in [5.41, 5.74) is 16.7. The maximum Gasteiger partial charge on any atom is 0.231 e. The molecular weight excluding hydrogens is 500 g/mol. The molecule has 4 aromatic rings. The summed E-state index contributed by atoms with van der Waals surface area (Å²) < 4.78 is 0. The predicted molar refractivity (Wildman–Crippen MR) is 149 cm³/mol. The first-order valence-corrected chi connectivity index (χ1v) is 11.9. The maximum atomic E-state index is 12.5. The van der Waals surface area contributed by atoms with Crippen molar-refractivity contribution < 1.29 is 19.2 Å². The molecule has 0 bridgehead atoms. The average molecular weight is 527 g/mol. The van der Waals surface area contributed by atoms with Gasteiger partial charge in [0.1, 0.15) is 22.9 Å². The van der Waals surface area contributed by atoms with Gasteiger partial charge in [-0.05, 0) is 61.9 Å². The van der Waals surface area contributed by atoms with Gasteiger partial charge in [-0.1, -0.05) is 6.07 Å². The summed E-state index contributed by atoms with van der Waals surface area (Å²) in [6, 6.07) is 13.3. The molecule has 0 saturated carbocycles. The zero-order chi connectivity index (χ0) is 28.1. The number of azo groups is 1. The van der Waals surface area contributed by atoms with E-state index in [1.54, 1.807) is 30.6 Å². The molecule has 0 aliphatic carbocycles. The van der Waals surface area contributed by atoms with E-state index < -0.39 is 11.8 Å². The Morgan fingerprint density at radius 2 is 1.51 bits per heavy atom. The lowest BCUT2D eigenvalue weighted by Crippen LogP contribution is -2.15. The lowest BCUT2D eigenvalue weighted by Gasteiger charge is -2.15. The minimum atomic E-state index is -0.528. The van der Waals surface area contributed by atoms with Crippen molar-refractivity contribution in [3.05, 3.63) is 54.9 Å². The molecule has 12 heteroatoms. The van der Waals surface area contributed by atoms with E-state index in [1.807, 2.05) is 18.2 Å². The molecule has 0 atom stereocenters. The van der Waals surface area contributed by atoms with E-state index >= 15 is 0 Å². The van der Waals surface area contributed by atoms with Crippen LogP contribution in [0, 0.1) is 0 Å². The number of ketones is 2. The number of nitrogens with one attached hydrogen (secondary N) is 3. The van der Waals surface area contributed by atoms with Crippen LogP contribution in [-0.4, -0.2) is 33.3 Å². The van der Waals surface area contributed by atoms with E-state index in [-0.39, 0.29) is 47.2 Å². The highest BCUT2D eigenvalue weighted by Gasteiger charge is 2.18. The highest BCUT2D eigenvalue weighted by atomic mass is 16.2. The number of hydrogen-bond donors (Lipinski definition) is 5. The van der Waals surface area contributed by atoms with E-state index in [1.165, 1.54) is 19.9 Å². The monoisotopic (exact) mass is 526 g/mol. The van der Waals surface area contributed by atoms with Crippen LogP contribution in [0.4, 0.5) is 34.1 Å². The van der Waals surface area contributed by atoms with Crippen LogP contribution in [0.2, 0.25) is 0 Å². The second-order valence-corrected chi connectivity index (χ2v) is 8.89. The van der Waals surface area contributed by atoms with Crippen LogP contribution in [0.5, 0.6) is 0 Å². The Bertz CT molecular complexity index is 1640. The van der Waals surface area contributed by atoms with Crippen LogP contribution in [-0.2, 0) is 19.2 Å². The van der Waals surface area contributed by atoms with Crippen LogP contribution in [0.15, 0.2) is 65.1 Å². The molecule has 39 heavy (non-hydrogen) atoms. The van der Waals surface area contributed by atoms with Gasteiger partial charge < -0.3 is 27.1 Å². The van der Waals surface area contributed by atoms with E-state index in [0.29, 0.717) is 22.5 Å². The van der Waals surface area contributed by atoms with Gasteiger partial charge >= 0.3 is 0 Å². The van der Waals surface area contributed by atoms with Crippen molar-refractivity contribution in [2.24, 2.45) is 10.2 Å². The van der Waals surface area contributed by atoms with Crippen molar-refractivity contribution in [2.75, 3.05) is 22.1 Å².